The molecule has 1 aromatic heterocycles. The number of aliphatic imine (C=N–C) groups is 1. The highest BCUT2D eigenvalue weighted by Gasteiger charge is 2.24. The number of aromatic nitrogens is 3. The molecule has 0 aliphatic carbocycles. The lowest BCUT2D eigenvalue weighted by Crippen LogP contribution is -2.52. The summed E-state index contributed by atoms with van der Waals surface area (Å²) in [6, 6.07) is 1.49. The summed E-state index contributed by atoms with van der Waals surface area (Å²) in [5.74, 6) is 2.69. The van der Waals surface area contributed by atoms with Gasteiger partial charge in [-0.25, -0.2) is 9.67 Å². The van der Waals surface area contributed by atoms with E-state index in [-0.39, 0.29) is 0 Å². The molecule has 0 aromatic carbocycles. The van der Waals surface area contributed by atoms with E-state index in [1.165, 1.54) is 25.8 Å². The van der Waals surface area contributed by atoms with Crippen LogP contribution in [0.15, 0.2) is 4.99 Å². The Bertz CT molecular complexity index is 630. The Balaban J connectivity index is 1.48. The predicted octanol–water partition coefficient (Wildman–Crippen LogP) is 1.17. The highest BCUT2D eigenvalue weighted by molar-refractivity contribution is 5.80. The van der Waals surface area contributed by atoms with Gasteiger partial charge in [0.25, 0.3) is 0 Å². The van der Waals surface area contributed by atoms with Gasteiger partial charge < -0.3 is 15.4 Å². The first kappa shape index (κ1) is 20.1. The molecule has 3 atom stereocenters. The lowest BCUT2D eigenvalue weighted by molar-refractivity contribution is 0.115. The van der Waals surface area contributed by atoms with Gasteiger partial charge in [-0.05, 0) is 39.7 Å². The molecule has 0 radical (unpaired) electrons. The summed E-state index contributed by atoms with van der Waals surface area (Å²) in [7, 11) is 3.51. The smallest absolute Gasteiger partial charge is 0.191 e. The maximum absolute atomic E-state index is 5.14. The Morgan fingerprint density at radius 2 is 2.22 bits per heavy atom. The van der Waals surface area contributed by atoms with E-state index in [2.05, 4.69) is 44.5 Å². The molecule has 1 aromatic rings. The summed E-state index contributed by atoms with van der Waals surface area (Å²) >= 11 is 0. The van der Waals surface area contributed by atoms with E-state index in [1.807, 2.05) is 11.7 Å². The fraction of sp³-hybridized carbons (Fsp3) is 0.842. The van der Waals surface area contributed by atoms with Crippen LogP contribution < -0.4 is 10.6 Å². The first-order chi connectivity index (χ1) is 13.1. The van der Waals surface area contributed by atoms with Gasteiger partial charge in [0.15, 0.2) is 11.8 Å². The minimum Gasteiger partial charge on any atom is -0.377 e. The van der Waals surface area contributed by atoms with E-state index >= 15 is 0 Å². The average Bonchev–Trinajstić information content (AvgIpc) is 3.07. The number of hydrogen-bond donors (Lipinski definition) is 2. The van der Waals surface area contributed by atoms with Gasteiger partial charge >= 0.3 is 0 Å². The molecule has 0 saturated carbocycles. The predicted molar refractivity (Wildman–Crippen MR) is 107 cm³/mol. The van der Waals surface area contributed by atoms with Crippen LogP contribution in [0, 0.1) is 0 Å². The van der Waals surface area contributed by atoms with E-state index in [4.69, 9.17) is 4.74 Å². The van der Waals surface area contributed by atoms with E-state index in [1.54, 1.807) is 7.11 Å². The van der Waals surface area contributed by atoms with Gasteiger partial charge in [-0.3, -0.25) is 9.89 Å². The van der Waals surface area contributed by atoms with Crippen LogP contribution in [0.1, 0.15) is 51.2 Å². The van der Waals surface area contributed by atoms with Crippen molar-refractivity contribution in [3.8, 4) is 0 Å². The van der Waals surface area contributed by atoms with E-state index in [0.29, 0.717) is 24.7 Å². The summed E-state index contributed by atoms with van der Waals surface area (Å²) in [5, 5.41) is 11.6. The van der Waals surface area contributed by atoms with Crippen LogP contribution in [0.2, 0.25) is 0 Å². The molecule has 27 heavy (non-hydrogen) atoms. The van der Waals surface area contributed by atoms with Crippen LogP contribution in [-0.2, 0) is 24.3 Å². The van der Waals surface area contributed by atoms with Gasteiger partial charge in [-0.2, -0.15) is 5.10 Å². The second-order valence-corrected chi connectivity index (χ2v) is 7.82. The van der Waals surface area contributed by atoms with Crippen molar-refractivity contribution < 1.29 is 4.74 Å². The minimum atomic E-state index is 0.310. The Hall–Kier alpha value is -1.67. The topological polar surface area (TPSA) is 79.6 Å². The fourth-order valence-corrected chi connectivity index (χ4v) is 4.19. The van der Waals surface area contributed by atoms with E-state index in [0.717, 1.165) is 43.5 Å². The monoisotopic (exact) mass is 377 g/mol. The molecule has 0 spiro atoms. The van der Waals surface area contributed by atoms with E-state index in [9.17, 15) is 0 Å². The number of fused-ring (bicyclic) bond motifs is 1. The maximum Gasteiger partial charge on any atom is 0.191 e. The van der Waals surface area contributed by atoms with Crippen molar-refractivity contribution in [3.63, 3.8) is 0 Å². The second-order valence-electron chi connectivity index (χ2n) is 7.82. The average molecular weight is 378 g/mol. The Morgan fingerprint density at radius 1 is 1.37 bits per heavy atom. The molecule has 8 nitrogen and oxygen atoms in total. The summed E-state index contributed by atoms with van der Waals surface area (Å²) in [5.41, 5.74) is 0. The van der Waals surface area contributed by atoms with Gasteiger partial charge in [-0.1, -0.05) is 6.42 Å². The van der Waals surface area contributed by atoms with Crippen molar-refractivity contribution in [3.05, 3.63) is 11.6 Å². The number of aryl methyl sites for hydroxylation is 1. The van der Waals surface area contributed by atoms with Crippen LogP contribution in [0.3, 0.4) is 0 Å². The van der Waals surface area contributed by atoms with Crippen molar-refractivity contribution in [2.45, 2.75) is 77.2 Å². The molecule has 2 N–H and O–H groups in total. The van der Waals surface area contributed by atoms with Crippen molar-refractivity contribution >= 4 is 5.96 Å². The van der Waals surface area contributed by atoms with E-state index < -0.39 is 0 Å². The number of likely N-dealkylation sites (tertiary alicyclic amines) is 1. The molecule has 3 heterocycles. The zero-order valence-electron chi connectivity index (χ0n) is 17.2. The zero-order chi connectivity index (χ0) is 19.2. The third kappa shape index (κ3) is 5.19. The summed E-state index contributed by atoms with van der Waals surface area (Å²) in [6.45, 7) is 8.04. The molecule has 1 fully saturated rings. The van der Waals surface area contributed by atoms with Crippen molar-refractivity contribution in [1.29, 1.82) is 0 Å². The molecule has 8 heteroatoms. The molecular formula is C19H35N7O. The van der Waals surface area contributed by atoms with Gasteiger partial charge in [-0.15, -0.1) is 0 Å². The Morgan fingerprint density at radius 3 is 2.96 bits per heavy atom. The summed E-state index contributed by atoms with van der Waals surface area (Å²) in [4.78, 5) is 11.6. The van der Waals surface area contributed by atoms with Crippen molar-refractivity contribution in [1.82, 2.24) is 30.3 Å². The number of methoxy groups -OCH3 is 1. The number of ether oxygens (including phenoxy) is 1. The Labute approximate surface area is 162 Å². The molecule has 152 valence electrons. The SMILES string of the molecule is CN=C(NCC(C)N1CCCCC1C)NC1CCc2nc(COC)nn2C1. The molecule has 2 aliphatic rings. The summed E-state index contributed by atoms with van der Waals surface area (Å²) in [6.07, 6.45) is 5.94. The van der Waals surface area contributed by atoms with Crippen LogP contribution in [0.4, 0.5) is 0 Å². The lowest BCUT2D eigenvalue weighted by Gasteiger charge is -2.38. The number of piperidine rings is 1. The largest absolute Gasteiger partial charge is 0.377 e. The highest BCUT2D eigenvalue weighted by Crippen LogP contribution is 2.18. The quantitative estimate of drug-likeness (QED) is 0.572. The van der Waals surface area contributed by atoms with Crippen molar-refractivity contribution in [2.75, 3.05) is 27.2 Å². The van der Waals surface area contributed by atoms with Crippen LogP contribution in [0.5, 0.6) is 0 Å². The van der Waals surface area contributed by atoms with Crippen LogP contribution >= 0.6 is 0 Å². The fourth-order valence-electron chi connectivity index (χ4n) is 4.19. The number of guanidine groups is 1. The second kappa shape index (κ2) is 9.50. The molecular weight excluding hydrogens is 342 g/mol. The lowest BCUT2D eigenvalue weighted by atomic mass is 10.0. The van der Waals surface area contributed by atoms with Crippen LogP contribution in [0.25, 0.3) is 0 Å². The number of nitrogens with one attached hydrogen (secondary N) is 2. The zero-order valence-corrected chi connectivity index (χ0v) is 17.2. The van der Waals surface area contributed by atoms with Gasteiger partial charge in [0.1, 0.15) is 12.4 Å². The maximum atomic E-state index is 5.14. The normalized spacial score (nSPS) is 25.1. The minimum absolute atomic E-state index is 0.310. The number of hydrogen-bond acceptors (Lipinski definition) is 5. The molecule has 0 bridgehead atoms. The van der Waals surface area contributed by atoms with Gasteiger partial charge in [0, 0.05) is 45.2 Å². The Kier molecular flexibility index (Phi) is 7.07. The first-order valence-electron chi connectivity index (χ1n) is 10.2. The number of nitrogens with zero attached hydrogens (tertiary/aromatic N) is 5. The molecule has 0 amide bonds. The van der Waals surface area contributed by atoms with Crippen molar-refractivity contribution in [2.24, 2.45) is 4.99 Å². The molecule has 3 rings (SSSR count). The highest BCUT2D eigenvalue weighted by atomic mass is 16.5. The third-order valence-corrected chi connectivity index (χ3v) is 5.73. The standard InChI is InChI=1S/C19H35N7O/c1-14-7-5-6-10-25(14)15(2)11-21-19(20-3)22-16-8-9-18-23-17(13-27-4)24-26(18)12-16/h14-16H,5-13H2,1-4H3,(H2,20,21,22). The molecule has 3 unspecified atom stereocenters. The van der Waals surface area contributed by atoms with Gasteiger partial charge in [0.2, 0.25) is 0 Å². The summed E-state index contributed by atoms with van der Waals surface area (Å²) < 4.78 is 7.14. The third-order valence-electron chi connectivity index (χ3n) is 5.73. The van der Waals surface area contributed by atoms with Gasteiger partial charge in [0.05, 0.1) is 6.54 Å². The first-order valence-corrected chi connectivity index (χ1v) is 10.2. The molecule has 1 saturated heterocycles. The van der Waals surface area contributed by atoms with Crippen LogP contribution in [-0.4, -0.2) is 71.0 Å². The molecule has 2 aliphatic heterocycles. The number of rotatable bonds is 6.